The number of nitrogens with one attached hydrogen (secondary N) is 1. The molecule has 1 N–H and O–H groups in total. The van der Waals surface area contributed by atoms with Crippen LogP contribution in [0.2, 0.25) is 0 Å². The Morgan fingerprint density at radius 2 is 1.93 bits per heavy atom. The number of carbonyl (C=O) groups is 3. The van der Waals surface area contributed by atoms with Crippen molar-refractivity contribution < 1.29 is 23.9 Å². The van der Waals surface area contributed by atoms with Crippen LogP contribution in [-0.2, 0) is 19.1 Å². The van der Waals surface area contributed by atoms with Gasteiger partial charge >= 0.3 is 11.9 Å². The topological polar surface area (TPSA) is 119 Å². The second-order valence-electron chi connectivity index (χ2n) is 6.37. The second-order valence-corrected chi connectivity index (χ2v) is 6.37. The molecule has 3 rings (SSSR count). The van der Waals surface area contributed by atoms with E-state index in [0.717, 1.165) is 12.8 Å². The number of aromatic nitrogens is 2. The minimum absolute atomic E-state index is 0.0800. The summed E-state index contributed by atoms with van der Waals surface area (Å²) in [6.07, 6.45) is 2.10. The van der Waals surface area contributed by atoms with Crippen LogP contribution < -0.4 is 5.56 Å². The molecular formula is C19H21N3O6. The zero-order valence-electron chi connectivity index (χ0n) is 15.5. The van der Waals surface area contributed by atoms with Crippen LogP contribution in [0.1, 0.15) is 36.7 Å². The summed E-state index contributed by atoms with van der Waals surface area (Å²) in [5.41, 5.74) is -0.502. The normalized spacial score (nSPS) is 16.6. The molecular weight excluding hydrogens is 366 g/mol. The zero-order valence-corrected chi connectivity index (χ0v) is 15.5. The van der Waals surface area contributed by atoms with E-state index in [0.29, 0.717) is 23.7 Å². The summed E-state index contributed by atoms with van der Waals surface area (Å²) >= 11 is 0. The van der Waals surface area contributed by atoms with Gasteiger partial charge in [-0.3, -0.25) is 9.59 Å². The van der Waals surface area contributed by atoms with Crippen molar-refractivity contribution in [2.45, 2.75) is 32.2 Å². The van der Waals surface area contributed by atoms with Gasteiger partial charge in [0.15, 0.2) is 12.3 Å². The number of likely N-dealkylation sites (tertiary alicyclic amines) is 1. The van der Waals surface area contributed by atoms with Gasteiger partial charge in [-0.2, -0.15) is 5.10 Å². The molecule has 1 atom stereocenters. The number of nitrogens with zero attached hydrogens (tertiary/aromatic N) is 2. The minimum Gasteiger partial charge on any atom is -0.464 e. The molecule has 148 valence electrons. The Morgan fingerprint density at radius 3 is 2.68 bits per heavy atom. The number of ether oxygens (including phenoxy) is 2. The average Bonchev–Trinajstić information content (AvgIpc) is 2.72. The Balaban J connectivity index is 1.70. The van der Waals surface area contributed by atoms with E-state index in [-0.39, 0.29) is 12.3 Å². The molecule has 0 bridgehead atoms. The van der Waals surface area contributed by atoms with E-state index in [1.54, 1.807) is 31.2 Å². The lowest BCUT2D eigenvalue weighted by molar-refractivity contribution is -0.157. The van der Waals surface area contributed by atoms with Crippen LogP contribution in [0.3, 0.4) is 0 Å². The van der Waals surface area contributed by atoms with Crippen molar-refractivity contribution in [3.05, 3.63) is 40.3 Å². The molecule has 1 saturated heterocycles. The molecule has 1 aliphatic rings. The Bertz CT molecular complexity index is 954. The van der Waals surface area contributed by atoms with Gasteiger partial charge in [-0.05, 0) is 32.3 Å². The lowest BCUT2D eigenvalue weighted by atomic mass is 10.0. The highest BCUT2D eigenvalue weighted by Crippen LogP contribution is 2.19. The van der Waals surface area contributed by atoms with Crippen molar-refractivity contribution in [1.29, 1.82) is 0 Å². The van der Waals surface area contributed by atoms with Gasteiger partial charge in [-0.1, -0.05) is 18.2 Å². The van der Waals surface area contributed by atoms with E-state index < -0.39 is 36.1 Å². The average molecular weight is 387 g/mol. The summed E-state index contributed by atoms with van der Waals surface area (Å²) in [6.45, 7) is 1.82. The molecule has 1 aromatic carbocycles. The first-order valence-corrected chi connectivity index (χ1v) is 9.13. The third kappa shape index (κ3) is 4.03. The summed E-state index contributed by atoms with van der Waals surface area (Å²) in [7, 11) is 0. The Labute approximate surface area is 160 Å². The molecule has 9 nitrogen and oxygen atoms in total. The van der Waals surface area contributed by atoms with E-state index in [9.17, 15) is 19.2 Å². The van der Waals surface area contributed by atoms with Crippen LogP contribution >= 0.6 is 0 Å². The fourth-order valence-electron chi connectivity index (χ4n) is 3.26. The molecule has 1 aliphatic heterocycles. The number of aromatic amines is 1. The van der Waals surface area contributed by atoms with Crippen molar-refractivity contribution in [3.63, 3.8) is 0 Å². The molecule has 9 heteroatoms. The summed E-state index contributed by atoms with van der Waals surface area (Å²) in [4.78, 5) is 50.2. The van der Waals surface area contributed by atoms with Gasteiger partial charge in [-0.25, -0.2) is 14.7 Å². The van der Waals surface area contributed by atoms with Gasteiger partial charge < -0.3 is 14.4 Å². The number of piperidine rings is 1. The number of esters is 2. The van der Waals surface area contributed by atoms with Crippen molar-refractivity contribution >= 4 is 28.6 Å². The number of amides is 1. The predicted molar refractivity (Wildman–Crippen MR) is 98.6 cm³/mol. The van der Waals surface area contributed by atoms with E-state index in [1.807, 2.05) is 0 Å². The third-order valence-corrected chi connectivity index (χ3v) is 4.60. The quantitative estimate of drug-likeness (QED) is 0.761. The predicted octanol–water partition coefficient (Wildman–Crippen LogP) is 1.02. The monoisotopic (exact) mass is 387 g/mol. The number of carbonyl (C=O) groups excluding carboxylic acids is 3. The van der Waals surface area contributed by atoms with Gasteiger partial charge in [0.2, 0.25) is 0 Å². The SMILES string of the molecule is CCOC(=O)[C@H]1CCCCN1C(=O)COC(=O)c1n[nH]c(=O)c2ccccc12. The summed E-state index contributed by atoms with van der Waals surface area (Å²) in [6, 6.07) is 5.82. The molecule has 0 spiro atoms. The zero-order chi connectivity index (χ0) is 20.1. The highest BCUT2D eigenvalue weighted by atomic mass is 16.5. The van der Waals surface area contributed by atoms with E-state index >= 15 is 0 Å². The van der Waals surface area contributed by atoms with Crippen LogP contribution in [0.25, 0.3) is 10.8 Å². The number of hydrogen-bond acceptors (Lipinski definition) is 7. The third-order valence-electron chi connectivity index (χ3n) is 4.60. The Hall–Kier alpha value is -3.23. The molecule has 0 saturated carbocycles. The standard InChI is InChI=1S/C19H21N3O6/c1-2-27-18(25)14-9-5-6-10-22(14)15(23)11-28-19(26)16-12-7-3-4-8-13(12)17(24)21-20-16/h3-4,7-8,14H,2,5-6,9-11H2,1H3,(H,21,24)/t14-/m1/s1. The van der Waals surface area contributed by atoms with Gasteiger partial charge in [-0.15, -0.1) is 0 Å². The molecule has 1 fully saturated rings. The molecule has 0 radical (unpaired) electrons. The van der Waals surface area contributed by atoms with Gasteiger partial charge in [0.05, 0.1) is 12.0 Å². The largest absolute Gasteiger partial charge is 0.464 e. The number of benzene rings is 1. The number of hydrogen-bond donors (Lipinski definition) is 1. The van der Waals surface area contributed by atoms with Crippen LogP contribution in [0.15, 0.2) is 29.1 Å². The summed E-state index contributed by atoms with van der Waals surface area (Å²) in [5.74, 6) is -1.75. The van der Waals surface area contributed by atoms with Crippen LogP contribution in [-0.4, -0.2) is 58.7 Å². The smallest absolute Gasteiger partial charge is 0.359 e. The summed E-state index contributed by atoms with van der Waals surface area (Å²) in [5, 5.41) is 6.64. The van der Waals surface area contributed by atoms with Gasteiger partial charge in [0, 0.05) is 11.9 Å². The molecule has 1 amide bonds. The molecule has 28 heavy (non-hydrogen) atoms. The highest BCUT2D eigenvalue weighted by molar-refractivity contribution is 6.02. The van der Waals surface area contributed by atoms with Crippen LogP contribution in [0.4, 0.5) is 0 Å². The number of rotatable bonds is 5. The number of H-pyrrole nitrogens is 1. The van der Waals surface area contributed by atoms with Gasteiger partial charge in [0.25, 0.3) is 11.5 Å². The molecule has 0 unspecified atom stereocenters. The van der Waals surface area contributed by atoms with E-state index in [4.69, 9.17) is 9.47 Å². The maximum Gasteiger partial charge on any atom is 0.359 e. The van der Waals surface area contributed by atoms with Crippen molar-refractivity contribution in [2.75, 3.05) is 19.8 Å². The minimum atomic E-state index is -0.828. The fraction of sp³-hybridized carbons (Fsp3) is 0.421. The van der Waals surface area contributed by atoms with Gasteiger partial charge in [0.1, 0.15) is 6.04 Å². The first-order chi connectivity index (χ1) is 13.5. The Kier molecular flexibility index (Phi) is 6.03. The molecule has 0 aliphatic carbocycles. The van der Waals surface area contributed by atoms with Crippen molar-refractivity contribution in [1.82, 2.24) is 15.1 Å². The molecule has 2 heterocycles. The fourth-order valence-corrected chi connectivity index (χ4v) is 3.26. The van der Waals surface area contributed by atoms with Crippen molar-refractivity contribution in [2.24, 2.45) is 0 Å². The Morgan fingerprint density at radius 1 is 1.18 bits per heavy atom. The highest BCUT2D eigenvalue weighted by Gasteiger charge is 2.33. The lowest BCUT2D eigenvalue weighted by Gasteiger charge is -2.33. The maximum atomic E-state index is 12.5. The summed E-state index contributed by atoms with van der Waals surface area (Å²) < 4.78 is 10.1. The van der Waals surface area contributed by atoms with Crippen molar-refractivity contribution in [3.8, 4) is 0 Å². The first-order valence-electron chi connectivity index (χ1n) is 9.13. The molecule has 1 aromatic heterocycles. The first kappa shape index (κ1) is 19.5. The van der Waals surface area contributed by atoms with E-state index in [1.165, 1.54) is 4.90 Å². The second kappa shape index (κ2) is 8.64. The van der Waals surface area contributed by atoms with Crippen LogP contribution in [0, 0.1) is 0 Å². The number of fused-ring (bicyclic) bond motifs is 1. The maximum absolute atomic E-state index is 12.5. The molecule has 2 aromatic rings. The van der Waals surface area contributed by atoms with E-state index in [2.05, 4.69) is 10.2 Å². The van der Waals surface area contributed by atoms with Crippen LogP contribution in [0.5, 0.6) is 0 Å². The lowest BCUT2D eigenvalue weighted by Crippen LogP contribution is -2.50.